The lowest BCUT2D eigenvalue weighted by atomic mass is 9.92. The van der Waals surface area contributed by atoms with Gasteiger partial charge in [-0.05, 0) is 61.1 Å². The molecule has 0 aromatic heterocycles. The molecule has 0 atom stereocenters. The lowest BCUT2D eigenvalue weighted by Crippen LogP contribution is -2.48. The fraction of sp³-hybridized carbons (Fsp3) is 0.429. The van der Waals surface area contributed by atoms with E-state index in [-0.39, 0.29) is 0 Å². The molecule has 0 N–H and O–H groups in total. The molecule has 0 unspecified atom stereocenters. The maximum Gasteiger partial charge on any atom is 0.243 e. The monoisotopic (exact) mass is 386 g/mol. The second-order valence-electron chi connectivity index (χ2n) is 7.23. The maximum absolute atomic E-state index is 13.1. The Kier molecular flexibility index (Phi) is 5.10. The Morgan fingerprint density at radius 1 is 0.889 bits per heavy atom. The minimum atomic E-state index is -3.43. The third-order valence-corrected chi connectivity index (χ3v) is 7.51. The van der Waals surface area contributed by atoms with Gasteiger partial charge in [-0.1, -0.05) is 12.1 Å². The first kappa shape index (κ1) is 18.3. The van der Waals surface area contributed by atoms with Crippen LogP contribution in [0.3, 0.4) is 0 Å². The third kappa shape index (κ3) is 3.69. The highest BCUT2D eigenvalue weighted by molar-refractivity contribution is 7.89. The van der Waals surface area contributed by atoms with E-state index in [2.05, 4.69) is 4.90 Å². The summed E-state index contributed by atoms with van der Waals surface area (Å²) in [7, 11) is -1.78. The number of fused-ring (bicyclic) bond motifs is 1. The Hall–Kier alpha value is -2.05. The SMILES string of the molecule is COc1cccc(N2CCN(S(=O)(=O)c3ccc4c(c3)CCCC4)CC2)c1. The molecule has 144 valence electrons. The fourth-order valence-corrected chi connectivity index (χ4v) is 5.49. The summed E-state index contributed by atoms with van der Waals surface area (Å²) in [5.41, 5.74) is 3.58. The first-order valence-corrected chi connectivity index (χ1v) is 11.0. The summed E-state index contributed by atoms with van der Waals surface area (Å²) in [6.07, 6.45) is 4.40. The summed E-state index contributed by atoms with van der Waals surface area (Å²) in [5, 5.41) is 0. The van der Waals surface area contributed by atoms with Crippen molar-refractivity contribution in [2.45, 2.75) is 30.6 Å². The molecule has 2 aliphatic rings. The standard InChI is InChI=1S/C21H26N2O3S/c1-26-20-8-4-7-19(16-20)22-11-13-23(14-12-22)27(24,25)21-10-9-17-5-2-3-6-18(17)15-21/h4,7-10,15-16H,2-3,5-6,11-14H2,1H3. The van der Waals surface area contributed by atoms with Crippen LogP contribution >= 0.6 is 0 Å². The number of hydrogen-bond donors (Lipinski definition) is 0. The highest BCUT2D eigenvalue weighted by atomic mass is 32.2. The van der Waals surface area contributed by atoms with Crippen molar-refractivity contribution in [2.24, 2.45) is 0 Å². The third-order valence-electron chi connectivity index (χ3n) is 5.61. The van der Waals surface area contributed by atoms with Gasteiger partial charge in [0.15, 0.2) is 0 Å². The molecule has 0 bridgehead atoms. The molecular formula is C21H26N2O3S. The van der Waals surface area contributed by atoms with Crippen molar-refractivity contribution >= 4 is 15.7 Å². The summed E-state index contributed by atoms with van der Waals surface area (Å²) in [6, 6.07) is 13.6. The van der Waals surface area contributed by atoms with Gasteiger partial charge >= 0.3 is 0 Å². The molecule has 4 rings (SSSR count). The molecule has 5 nitrogen and oxygen atoms in total. The number of benzene rings is 2. The molecule has 27 heavy (non-hydrogen) atoms. The van der Waals surface area contributed by atoms with Crippen molar-refractivity contribution in [1.29, 1.82) is 0 Å². The van der Waals surface area contributed by atoms with Gasteiger partial charge in [0.25, 0.3) is 0 Å². The molecule has 0 radical (unpaired) electrons. The molecule has 2 aromatic rings. The lowest BCUT2D eigenvalue weighted by molar-refractivity contribution is 0.384. The smallest absolute Gasteiger partial charge is 0.243 e. The molecule has 0 spiro atoms. The van der Waals surface area contributed by atoms with Crippen molar-refractivity contribution < 1.29 is 13.2 Å². The molecule has 0 saturated carbocycles. The normalized spacial score (nSPS) is 18.2. The predicted octanol–water partition coefficient (Wildman–Crippen LogP) is 3.08. The lowest BCUT2D eigenvalue weighted by Gasteiger charge is -2.35. The number of hydrogen-bond acceptors (Lipinski definition) is 4. The number of anilines is 1. The van der Waals surface area contributed by atoms with E-state index in [1.807, 2.05) is 36.4 Å². The fourth-order valence-electron chi connectivity index (χ4n) is 4.01. The summed E-state index contributed by atoms with van der Waals surface area (Å²) in [6.45, 7) is 2.35. The zero-order valence-electron chi connectivity index (χ0n) is 15.7. The zero-order valence-corrected chi connectivity index (χ0v) is 16.5. The number of methoxy groups -OCH3 is 1. The molecule has 1 aliphatic carbocycles. The summed E-state index contributed by atoms with van der Waals surface area (Å²) >= 11 is 0. The largest absolute Gasteiger partial charge is 0.497 e. The van der Waals surface area contributed by atoms with E-state index in [4.69, 9.17) is 4.74 Å². The predicted molar refractivity (Wildman–Crippen MR) is 107 cm³/mol. The number of rotatable bonds is 4. The number of aryl methyl sites for hydroxylation is 2. The van der Waals surface area contributed by atoms with Gasteiger partial charge in [0.05, 0.1) is 12.0 Å². The molecule has 1 aliphatic heterocycles. The topological polar surface area (TPSA) is 49.9 Å². The number of piperazine rings is 1. The van der Waals surface area contributed by atoms with E-state index in [0.717, 1.165) is 30.7 Å². The Morgan fingerprint density at radius 2 is 1.63 bits per heavy atom. The molecule has 1 saturated heterocycles. The minimum Gasteiger partial charge on any atom is -0.497 e. The minimum absolute atomic E-state index is 0.443. The van der Waals surface area contributed by atoms with Gasteiger partial charge in [-0.15, -0.1) is 0 Å². The van der Waals surface area contributed by atoms with Crippen molar-refractivity contribution in [3.63, 3.8) is 0 Å². The first-order valence-electron chi connectivity index (χ1n) is 9.59. The molecule has 1 fully saturated rings. The van der Waals surface area contributed by atoms with Crippen LogP contribution in [0.2, 0.25) is 0 Å². The van der Waals surface area contributed by atoms with Gasteiger partial charge in [-0.2, -0.15) is 4.31 Å². The quantitative estimate of drug-likeness (QED) is 0.810. The van der Waals surface area contributed by atoms with Crippen LogP contribution in [0.25, 0.3) is 0 Å². The second-order valence-corrected chi connectivity index (χ2v) is 9.17. The van der Waals surface area contributed by atoms with Crippen LogP contribution < -0.4 is 9.64 Å². The zero-order chi connectivity index (χ0) is 18.9. The molecule has 6 heteroatoms. The maximum atomic E-state index is 13.1. The molecule has 2 aromatic carbocycles. The van der Waals surface area contributed by atoms with Gasteiger partial charge in [-0.25, -0.2) is 8.42 Å². The van der Waals surface area contributed by atoms with Crippen LogP contribution in [-0.2, 0) is 22.9 Å². The highest BCUT2D eigenvalue weighted by Gasteiger charge is 2.29. The van der Waals surface area contributed by atoms with Crippen molar-refractivity contribution in [3.05, 3.63) is 53.6 Å². The van der Waals surface area contributed by atoms with Crippen molar-refractivity contribution in [3.8, 4) is 5.75 Å². The van der Waals surface area contributed by atoms with Crippen LogP contribution in [0.15, 0.2) is 47.4 Å². The van der Waals surface area contributed by atoms with Gasteiger partial charge in [-0.3, -0.25) is 0 Å². The highest BCUT2D eigenvalue weighted by Crippen LogP contribution is 2.27. The average Bonchev–Trinajstić information content (AvgIpc) is 2.73. The summed E-state index contributed by atoms with van der Waals surface area (Å²) < 4.78 is 33.1. The van der Waals surface area contributed by atoms with Gasteiger partial charge in [0.1, 0.15) is 5.75 Å². The number of sulfonamides is 1. The Labute approximate surface area is 161 Å². The van der Waals surface area contributed by atoms with E-state index in [1.54, 1.807) is 17.5 Å². The molecule has 1 heterocycles. The Bertz CT molecular complexity index is 919. The van der Waals surface area contributed by atoms with Gasteiger partial charge < -0.3 is 9.64 Å². The molecule has 0 amide bonds. The summed E-state index contributed by atoms with van der Waals surface area (Å²) in [5.74, 6) is 0.816. The van der Waals surface area contributed by atoms with E-state index in [0.29, 0.717) is 31.1 Å². The Balaban J connectivity index is 1.48. The van der Waals surface area contributed by atoms with Crippen LogP contribution in [0, 0.1) is 0 Å². The van der Waals surface area contributed by atoms with E-state index < -0.39 is 10.0 Å². The summed E-state index contributed by atoms with van der Waals surface area (Å²) in [4.78, 5) is 2.65. The van der Waals surface area contributed by atoms with Crippen LogP contribution in [0.5, 0.6) is 5.75 Å². The van der Waals surface area contributed by atoms with E-state index in [9.17, 15) is 8.42 Å². The van der Waals surface area contributed by atoms with Crippen LogP contribution in [0.1, 0.15) is 24.0 Å². The Morgan fingerprint density at radius 3 is 2.37 bits per heavy atom. The second kappa shape index (κ2) is 7.52. The molecular weight excluding hydrogens is 360 g/mol. The van der Waals surface area contributed by atoms with E-state index >= 15 is 0 Å². The van der Waals surface area contributed by atoms with Crippen molar-refractivity contribution in [2.75, 3.05) is 38.2 Å². The van der Waals surface area contributed by atoms with Crippen LogP contribution in [0.4, 0.5) is 5.69 Å². The van der Waals surface area contributed by atoms with Crippen molar-refractivity contribution in [1.82, 2.24) is 4.31 Å². The van der Waals surface area contributed by atoms with Gasteiger partial charge in [0, 0.05) is 37.9 Å². The number of ether oxygens (including phenoxy) is 1. The average molecular weight is 387 g/mol. The van der Waals surface area contributed by atoms with Crippen LogP contribution in [-0.4, -0.2) is 46.0 Å². The number of nitrogens with zero attached hydrogens (tertiary/aromatic N) is 2. The van der Waals surface area contributed by atoms with Gasteiger partial charge in [0.2, 0.25) is 10.0 Å². The van der Waals surface area contributed by atoms with E-state index in [1.165, 1.54) is 17.5 Å². The first-order chi connectivity index (χ1) is 13.1.